The Bertz CT molecular complexity index is 359. The highest BCUT2D eigenvalue weighted by molar-refractivity contribution is 5.68. The van der Waals surface area contributed by atoms with Crippen LogP contribution in [-0.2, 0) is 4.74 Å². The fourth-order valence-corrected chi connectivity index (χ4v) is 2.71. The van der Waals surface area contributed by atoms with Crippen molar-refractivity contribution in [2.45, 2.75) is 64.5 Å². The van der Waals surface area contributed by atoms with Gasteiger partial charge in [-0.25, -0.2) is 9.59 Å². The minimum atomic E-state index is -0.989. The van der Waals surface area contributed by atoms with E-state index in [2.05, 4.69) is 5.32 Å². The van der Waals surface area contributed by atoms with Gasteiger partial charge in [-0.1, -0.05) is 25.7 Å². The van der Waals surface area contributed by atoms with E-state index in [0.717, 1.165) is 19.3 Å². The molecule has 0 bridgehead atoms. The average molecular weight is 300 g/mol. The van der Waals surface area contributed by atoms with Crippen LogP contribution in [0.5, 0.6) is 0 Å². The highest BCUT2D eigenvalue weighted by atomic mass is 16.6. The van der Waals surface area contributed by atoms with Crippen LogP contribution in [-0.4, -0.2) is 47.4 Å². The normalized spacial score (nSPS) is 17.3. The number of carbonyl (C=O) groups is 2. The molecule has 122 valence electrons. The molecule has 0 radical (unpaired) electrons. The highest BCUT2D eigenvalue weighted by Crippen LogP contribution is 2.28. The Balaban J connectivity index is 2.57. The number of alkyl carbamates (subject to hydrolysis) is 1. The van der Waals surface area contributed by atoms with E-state index < -0.39 is 17.8 Å². The van der Waals surface area contributed by atoms with Gasteiger partial charge < -0.3 is 20.1 Å². The van der Waals surface area contributed by atoms with Gasteiger partial charge in [-0.3, -0.25) is 0 Å². The van der Waals surface area contributed by atoms with Crippen LogP contribution in [0.15, 0.2) is 0 Å². The lowest BCUT2D eigenvalue weighted by Gasteiger charge is -2.27. The number of amides is 2. The lowest BCUT2D eigenvalue weighted by atomic mass is 9.98. The molecule has 0 aromatic heterocycles. The fraction of sp³-hybridized carbons (Fsp3) is 0.867. The molecule has 0 aromatic rings. The third kappa shape index (κ3) is 7.20. The molecule has 1 aliphatic rings. The van der Waals surface area contributed by atoms with Crippen LogP contribution in [0.3, 0.4) is 0 Å². The number of hydrogen-bond acceptors (Lipinski definition) is 3. The Morgan fingerprint density at radius 2 is 1.90 bits per heavy atom. The first-order valence-corrected chi connectivity index (χ1v) is 7.61. The number of carboxylic acid groups (broad SMARTS) is 1. The molecular weight excluding hydrogens is 272 g/mol. The average Bonchev–Trinajstić information content (AvgIpc) is 2.78. The zero-order chi connectivity index (χ0) is 16.0. The van der Waals surface area contributed by atoms with Gasteiger partial charge in [0, 0.05) is 13.6 Å². The summed E-state index contributed by atoms with van der Waals surface area (Å²) in [6.45, 7) is 5.71. The smallest absolute Gasteiger partial charge is 0.407 e. The van der Waals surface area contributed by atoms with Gasteiger partial charge in [0.05, 0.1) is 6.04 Å². The quantitative estimate of drug-likeness (QED) is 0.818. The molecule has 6 nitrogen and oxygen atoms in total. The molecule has 0 heterocycles. The zero-order valence-corrected chi connectivity index (χ0v) is 13.5. The summed E-state index contributed by atoms with van der Waals surface area (Å²) in [7, 11) is 1.51. The Kier molecular flexibility index (Phi) is 6.30. The van der Waals surface area contributed by atoms with Crippen molar-refractivity contribution < 1.29 is 19.4 Å². The summed E-state index contributed by atoms with van der Waals surface area (Å²) < 4.78 is 5.26. The number of ether oxygens (including phenoxy) is 1. The highest BCUT2D eigenvalue weighted by Gasteiger charge is 2.25. The van der Waals surface area contributed by atoms with Gasteiger partial charge in [-0.05, 0) is 33.1 Å². The number of likely N-dealkylation sites (N-methyl/N-ethyl adjacent to an activating group) is 1. The van der Waals surface area contributed by atoms with Gasteiger partial charge >= 0.3 is 12.2 Å². The molecule has 0 spiro atoms. The Labute approximate surface area is 126 Å². The van der Waals surface area contributed by atoms with E-state index in [0.29, 0.717) is 5.92 Å². The second-order valence-electron chi connectivity index (χ2n) is 6.89. The van der Waals surface area contributed by atoms with Crippen molar-refractivity contribution in [2.75, 3.05) is 13.6 Å². The van der Waals surface area contributed by atoms with Crippen molar-refractivity contribution in [1.29, 1.82) is 0 Å². The van der Waals surface area contributed by atoms with Crippen LogP contribution < -0.4 is 5.32 Å². The third-order valence-corrected chi connectivity index (χ3v) is 3.63. The van der Waals surface area contributed by atoms with Crippen LogP contribution in [0.4, 0.5) is 9.59 Å². The van der Waals surface area contributed by atoms with Gasteiger partial charge in [-0.15, -0.1) is 0 Å². The van der Waals surface area contributed by atoms with Crippen molar-refractivity contribution in [1.82, 2.24) is 10.2 Å². The molecule has 1 saturated carbocycles. The van der Waals surface area contributed by atoms with Crippen molar-refractivity contribution in [3.63, 3.8) is 0 Å². The first kappa shape index (κ1) is 17.6. The Morgan fingerprint density at radius 1 is 1.33 bits per heavy atom. The number of rotatable bonds is 5. The van der Waals surface area contributed by atoms with Crippen LogP contribution in [0.1, 0.15) is 52.9 Å². The fourth-order valence-electron chi connectivity index (χ4n) is 2.71. The summed E-state index contributed by atoms with van der Waals surface area (Å²) in [5.41, 5.74) is -0.555. The molecule has 1 atom stereocenters. The largest absolute Gasteiger partial charge is 0.465 e. The second kappa shape index (κ2) is 7.52. The molecule has 2 N–H and O–H groups in total. The second-order valence-corrected chi connectivity index (χ2v) is 6.89. The van der Waals surface area contributed by atoms with Gasteiger partial charge in [0.25, 0.3) is 0 Å². The lowest BCUT2D eigenvalue weighted by Crippen LogP contribution is -2.46. The van der Waals surface area contributed by atoms with Gasteiger partial charge in [0.1, 0.15) is 5.60 Å². The van der Waals surface area contributed by atoms with Crippen molar-refractivity contribution in [3.05, 3.63) is 0 Å². The monoisotopic (exact) mass is 300 g/mol. The van der Waals surface area contributed by atoms with E-state index in [4.69, 9.17) is 9.84 Å². The van der Waals surface area contributed by atoms with Crippen LogP contribution in [0.25, 0.3) is 0 Å². The molecule has 1 aliphatic carbocycles. The van der Waals surface area contributed by atoms with Crippen LogP contribution >= 0.6 is 0 Å². The van der Waals surface area contributed by atoms with Crippen molar-refractivity contribution >= 4 is 12.2 Å². The molecule has 1 rings (SSSR count). The summed E-state index contributed by atoms with van der Waals surface area (Å²) in [6, 6.07) is -0.205. The zero-order valence-electron chi connectivity index (χ0n) is 13.5. The summed E-state index contributed by atoms with van der Waals surface area (Å²) in [5, 5.41) is 11.8. The molecule has 1 fully saturated rings. The van der Waals surface area contributed by atoms with E-state index in [1.807, 2.05) is 20.8 Å². The van der Waals surface area contributed by atoms with E-state index in [1.165, 1.54) is 24.8 Å². The predicted molar refractivity (Wildman–Crippen MR) is 80.4 cm³/mol. The van der Waals surface area contributed by atoms with Gasteiger partial charge in [0.2, 0.25) is 0 Å². The van der Waals surface area contributed by atoms with E-state index in [9.17, 15) is 9.59 Å². The molecule has 0 saturated heterocycles. The number of carbonyl (C=O) groups excluding carboxylic acids is 1. The van der Waals surface area contributed by atoms with Crippen molar-refractivity contribution in [2.24, 2.45) is 5.92 Å². The minimum Gasteiger partial charge on any atom is -0.465 e. The first-order chi connectivity index (χ1) is 9.67. The van der Waals surface area contributed by atoms with Crippen LogP contribution in [0, 0.1) is 5.92 Å². The lowest BCUT2D eigenvalue weighted by molar-refractivity contribution is 0.0484. The van der Waals surface area contributed by atoms with Crippen LogP contribution in [0.2, 0.25) is 0 Å². The Hall–Kier alpha value is -1.46. The minimum absolute atomic E-state index is 0.205. The van der Waals surface area contributed by atoms with E-state index >= 15 is 0 Å². The van der Waals surface area contributed by atoms with Gasteiger partial charge in [0.15, 0.2) is 0 Å². The third-order valence-electron chi connectivity index (χ3n) is 3.63. The maximum atomic E-state index is 11.9. The molecule has 0 aliphatic heterocycles. The molecule has 6 heteroatoms. The maximum absolute atomic E-state index is 11.9. The first-order valence-electron chi connectivity index (χ1n) is 7.61. The molecule has 2 amide bonds. The summed E-state index contributed by atoms with van der Waals surface area (Å²) in [5.74, 6) is 0.562. The predicted octanol–water partition coefficient (Wildman–Crippen LogP) is 3.07. The van der Waals surface area contributed by atoms with E-state index in [-0.39, 0.29) is 12.6 Å². The number of hydrogen-bond donors (Lipinski definition) is 2. The number of nitrogens with zero attached hydrogens (tertiary/aromatic N) is 1. The number of nitrogens with one attached hydrogen (secondary N) is 1. The standard InChI is InChI=1S/C15H28N2O4/c1-15(2,3)21-13(18)16-12(10-17(4)14(19)20)9-11-7-5-6-8-11/h11-12H,5-10H2,1-4H3,(H,16,18)(H,19,20)/t12-/m1/s1. The molecule has 0 unspecified atom stereocenters. The van der Waals surface area contributed by atoms with E-state index in [1.54, 1.807) is 0 Å². The topological polar surface area (TPSA) is 78.9 Å². The SMILES string of the molecule is CN(C[C@@H](CC1CCCC1)NC(=O)OC(C)(C)C)C(=O)O. The summed E-state index contributed by atoms with van der Waals surface area (Å²) in [4.78, 5) is 24.1. The van der Waals surface area contributed by atoms with Crippen molar-refractivity contribution in [3.8, 4) is 0 Å². The molecular formula is C15H28N2O4. The maximum Gasteiger partial charge on any atom is 0.407 e. The Morgan fingerprint density at radius 3 is 2.38 bits per heavy atom. The molecule has 0 aromatic carbocycles. The summed E-state index contributed by atoms with van der Waals surface area (Å²) >= 11 is 0. The van der Waals surface area contributed by atoms with Gasteiger partial charge in [-0.2, -0.15) is 0 Å². The molecule has 21 heavy (non-hydrogen) atoms. The summed E-state index contributed by atoms with van der Waals surface area (Å²) in [6.07, 6.45) is 4.09.